The van der Waals surface area contributed by atoms with Gasteiger partial charge in [-0.05, 0) is 36.8 Å². The van der Waals surface area contributed by atoms with E-state index < -0.39 is 53.8 Å². The smallest absolute Gasteiger partial charge is 0.326 e. The fourth-order valence-electron chi connectivity index (χ4n) is 4.40. The molecule has 2 rings (SSSR count). The summed E-state index contributed by atoms with van der Waals surface area (Å²) in [6.07, 6.45) is 2.05. The number of para-hydroxylation sites is 1. The minimum Gasteiger partial charge on any atom is -0.481 e. The number of nitrogens with zero attached hydrogens (tertiary/aromatic N) is 1. The van der Waals surface area contributed by atoms with Crippen LogP contribution in [-0.4, -0.2) is 81.5 Å². The summed E-state index contributed by atoms with van der Waals surface area (Å²) in [5.41, 5.74) is 18.2. The normalized spacial score (nSPS) is 14.5. The molecule has 236 valence electrons. The van der Waals surface area contributed by atoms with E-state index >= 15 is 0 Å². The lowest BCUT2D eigenvalue weighted by Crippen LogP contribution is -2.58. The van der Waals surface area contributed by atoms with Crippen molar-refractivity contribution in [1.29, 1.82) is 0 Å². The SMILES string of the molecule is CCC(C)C(NC(=O)C(CCCN=C(N)N)NC(=O)C(Cc1c[nH]c2ccccc12)NC(=O)C(N)CCC(=O)O)C(=O)O. The van der Waals surface area contributed by atoms with E-state index in [2.05, 4.69) is 25.9 Å². The van der Waals surface area contributed by atoms with Gasteiger partial charge in [-0.3, -0.25) is 24.2 Å². The van der Waals surface area contributed by atoms with Gasteiger partial charge in [-0.1, -0.05) is 38.5 Å². The zero-order valence-electron chi connectivity index (χ0n) is 24.3. The number of hydrogen-bond donors (Lipinski definition) is 9. The molecule has 43 heavy (non-hydrogen) atoms. The highest BCUT2D eigenvalue weighted by Gasteiger charge is 2.32. The first kappa shape index (κ1) is 34.5. The quantitative estimate of drug-likeness (QED) is 0.0602. The van der Waals surface area contributed by atoms with Gasteiger partial charge in [-0.25, -0.2) is 4.79 Å². The number of guanidine groups is 1. The summed E-state index contributed by atoms with van der Waals surface area (Å²) < 4.78 is 0. The van der Waals surface area contributed by atoms with Gasteiger partial charge >= 0.3 is 11.9 Å². The third-order valence-corrected chi connectivity index (χ3v) is 7.09. The lowest BCUT2D eigenvalue weighted by Gasteiger charge is -2.26. The Hall–Kier alpha value is -4.66. The number of aromatic amines is 1. The number of rotatable bonds is 18. The van der Waals surface area contributed by atoms with Crippen LogP contribution in [0.15, 0.2) is 35.5 Å². The minimum absolute atomic E-state index is 0.0141. The molecule has 2 aromatic rings. The van der Waals surface area contributed by atoms with Crippen molar-refractivity contribution in [3.8, 4) is 0 Å². The molecular formula is C28H42N8O7. The molecular weight excluding hydrogens is 560 g/mol. The Kier molecular flexibility index (Phi) is 13.4. The fraction of sp³-hybridized carbons (Fsp3) is 0.500. The van der Waals surface area contributed by atoms with E-state index in [1.54, 1.807) is 20.0 Å². The summed E-state index contributed by atoms with van der Waals surface area (Å²) >= 11 is 0. The number of carbonyl (C=O) groups excluding carboxylic acids is 3. The average Bonchev–Trinajstić information content (AvgIpc) is 3.37. The maximum atomic E-state index is 13.7. The molecule has 0 radical (unpaired) electrons. The molecule has 0 saturated heterocycles. The van der Waals surface area contributed by atoms with Gasteiger partial charge in [0, 0.05) is 36.5 Å². The highest BCUT2D eigenvalue weighted by molar-refractivity contribution is 5.95. The molecule has 3 amide bonds. The summed E-state index contributed by atoms with van der Waals surface area (Å²) in [6, 6.07) is 2.58. The Labute approximate surface area is 249 Å². The Bertz CT molecular complexity index is 1310. The minimum atomic E-state index is -1.21. The maximum absolute atomic E-state index is 13.7. The molecule has 0 spiro atoms. The molecule has 12 N–H and O–H groups in total. The Balaban J connectivity index is 2.33. The van der Waals surface area contributed by atoms with E-state index in [0.29, 0.717) is 12.0 Å². The molecule has 0 saturated carbocycles. The summed E-state index contributed by atoms with van der Waals surface area (Å²) in [6.45, 7) is 3.63. The molecule has 0 aliphatic carbocycles. The number of amides is 3. The number of H-pyrrole nitrogens is 1. The number of aromatic nitrogens is 1. The molecule has 15 nitrogen and oxygen atoms in total. The van der Waals surface area contributed by atoms with Crippen LogP contribution in [-0.2, 0) is 30.4 Å². The van der Waals surface area contributed by atoms with Crippen LogP contribution in [0.4, 0.5) is 0 Å². The molecule has 0 bridgehead atoms. The molecule has 1 aromatic carbocycles. The highest BCUT2D eigenvalue weighted by Crippen LogP contribution is 2.19. The summed E-state index contributed by atoms with van der Waals surface area (Å²) in [4.78, 5) is 69.6. The van der Waals surface area contributed by atoms with Crippen molar-refractivity contribution in [2.24, 2.45) is 28.1 Å². The summed E-state index contributed by atoms with van der Waals surface area (Å²) in [5.74, 6) is -5.05. The Morgan fingerprint density at radius 3 is 2.23 bits per heavy atom. The molecule has 1 aromatic heterocycles. The van der Waals surface area contributed by atoms with E-state index in [1.807, 2.05) is 24.3 Å². The lowest BCUT2D eigenvalue weighted by atomic mass is 9.98. The van der Waals surface area contributed by atoms with Gasteiger partial charge < -0.3 is 48.3 Å². The number of hydrogen-bond acceptors (Lipinski definition) is 7. The summed E-state index contributed by atoms with van der Waals surface area (Å²) in [5, 5.41) is 27.2. The topological polar surface area (TPSA) is 268 Å². The molecule has 0 aliphatic rings. The predicted octanol–water partition coefficient (Wildman–Crippen LogP) is -0.459. The molecule has 1 heterocycles. The molecule has 15 heteroatoms. The largest absolute Gasteiger partial charge is 0.481 e. The number of aliphatic carboxylic acids is 2. The van der Waals surface area contributed by atoms with Crippen LogP contribution in [0.3, 0.4) is 0 Å². The Morgan fingerprint density at radius 2 is 1.60 bits per heavy atom. The molecule has 0 fully saturated rings. The molecule has 5 unspecified atom stereocenters. The van der Waals surface area contributed by atoms with Crippen LogP contribution in [0.2, 0.25) is 0 Å². The van der Waals surface area contributed by atoms with Gasteiger partial charge in [0.15, 0.2) is 5.96 Å². The molecule has 0 aliphatic heterocycles. The van der Waals surface area contributed by atoms with Crippen LogP contribution in [0.5, 0.6) is 0 Å². The fourth-order valence-corrected chi connectivity index (χ4v) is 4.40. The zero-order valence-corrected chi connectivity index (χ0v) is 24.3. The van der Waals surface area contributed by atoms with Crippen molar-refractivity contribution in [1.82, 2.24) is 20.9 Å². The zero-order chi connectivity index (χ0) is 32.1. The maximum Gasteiger partial charge on any atom is 0.326 e. The van der Waals surface area contributed by atoms with E-state index in [-0.39, 0.29) is 50.5 Å². The van der Waals surface area contributed by atoms with Crippen LogP contribution in [0.25, 0.3) is 10.9 Å². The first-order chi connectivity index (χ1) is 20.3. The lowest BCUT2D eigenvalue weighted by molar-refractivity contribution is -0.144. The van der Waals surface area contributed by atoms with Crippen LogP contribution >= 0.6 is 0 Å². The van der Waals surface area contributed by atoms with E-state index in [1.165, 1.54) is 0 Å². The second-order valence-electron chi connectivity index (χ2n) is 10.4. The van der Waals surface area contributed by atoms with Crippen molar-refractivity contribution >= 4 is 46.5 Å². The number of benzene rings is 1. The first-order valence-corrected chi connectivity index (χ1v) is 14.1. The first-order valence-electron chi connectivity index (χ1n) is 14.1. The monoisotopic (exact) mass is 602 g/mol. The third kappa shape index (κ3) is 10.9. The second kappa shape index (κ2) is 16.7. The number of aliphatic imine (C=N–C) groups is 1. The number of carboxylic acid groups (broad SMARTS) is 2. The van der Waals surface area contributed by atoms with Gasteiger partial charge in [-0.2, -0.15) is 0 Å². The standard InChI is InChI=1S/C28H42N8O7/c1-3-15(2)23(27(42)43)36-25(40)20(9-6-12-32-28(30)31)34-26(41)21(35-24(39)18(29)10-11-22(37)38)13-16-14-33-19-8-5-4-7-17(16)19/h4-5,7-8,14-15,18,20-21,23,33H,3,6,9-13,29H2,1-2H3,(H,34,41)(H,35,39)(H,36,40)(H,37,38)(H,42,43)(H4,30,31,32). The van der Waals surface area contributed by atoms with E-state index in [0.717, 1.165) is 10.9 Å². The number of carboxylic acids is 2. The van der Waals surface area contributed by atoms with Crippen molar-refractivity contribution in [2.75, 3.05) is 6.54 Å². The van der Waals surface area contributed by atoms with E-state index in [9.17, 15) is 29.1 Å². The van der Waals surface area contributed by atoms with Gasteiger partial charge in [0.05, 0.1) is 6.04 Å². The van der Waals surface area contributed by atoms with Crippen LogP contribution in [0.1, 0.15) is 51.5 Å². The van der Waals surface area contributed by atoms with Gasteiger partial charge in [0.1, 0.15) is 18.1 Å². The van der Waals surface area contributed by atoms with Crippen LogP contribution < -0.4 is 33.2 Å². The van der Waals surface area contributed by atoms with Crippen LogP contribution in [0, 0.1) is 5.92 Å². The van der Waals surface area contributed by atoms with Gasteiger partial charge in [-0.15, -0.1) is 0 Å². The average molecular weight is 603 g/mol. The third-order valence-electron chi connectivity index (χ3n) is 7.09. The van der Waals surface area contributed by atoms with Crippen molar-refractivity contribution < 1.29 is 34.2 Å². The highest BCUT2D eigenvalue weighted by atomic mass is 16.4. The Morgan fingerprint density at radius 1 is 0.953 bits per heavy atom. The number of fused-ring (bicyclic) bond motifs is 1. The molecule has 5 atom stereocenters. The van der Waals surface area contributed by atoms with E-state index in [4.69, 9.17) is 22.3 Å². The van der Waals surface area contributed by atoms with Crippen molar-refractivity contribution in [2.45, 2.75) is 76.5 Å². The van der Waals surface area contributed by atoms with Crippen molar-refractivity contribution in [3.05, 3.63) is 36.0 Å². The van der Waals surface area contributed by atoms with Gasteiger partial charge in [0.25, 0.3) is 0 Å². The van der Waals surface area contributed by atoms with Gasteiger partial charge in [0.2, 0.25) is 17.7 Å². The summed E-state index contributed by atoms with van der Waals surface area (Å²) in [7, 11) is 0. The number of nitrogens with two attached hydrogens (primary N) is 3. The second-order valence-corrected chi connectivity index (χ2v) is 10.4. The predicted molar refractivity (Wildman–Crippen MR) is 160 cm³/mol. The number of nitrogens with one attached hydrogen (secondary N) is 4. The van der Waals surface area contributed by atoms with Crippen molar-refractivity contribution in [3.63, 3.8) is 0 Å². The number of carbonyl (C=O) groups is 5.